The van der Waals surface area contributed by atoms with Gasteiger partial charge in [-0.05, 0) is 36.2 Å². The van der Waals surface area contributed by atoms with Crippen molar-refractivity contribution in [2.45, 2.75) is 25.9 Å². The van der Waals surface area contributed by atoms with E-state index in [-0.39, 0.29) is 17.9 Å². The molecular weight excluding hydrogens is 378 g/mol. The van der Waals surface area contributed by atoms with Crippen molar-refractivity contribution in [1.82, 2.24) is 14.7 Å². The van der Waals surface area contributed by atoms with Crippen LogP contribution in [0.3, 0.4) is 0 Å². The zero-order valence-corrected chi connectivity index (χ0v) is 15.6. The molecule has 0 aliphatic carbocycles. The van der Waals surface area contributed by atoms with Crippen LogP contribution in [-0.2, 0) is 17.8 Å². The predicted octanol–water partition coefficient (Wildman–Crippen LogP) is 2.51. The Kier molecular flexibility index (Phi) is 4.62. The second-order valence-electron chi connectivity index (χ2n) is 7.00. The number of halogens is 2. The van der Waals surface area contributed by atoms with Crippen molar-refractivity contribution in [3.05, 3.63) is 82.7 Å². The Labute approximate surface area is 165 Å². The van der Waals surface area contributed by atoms with Crippen LogP contribution in [0.15, 0.2) is 48.5 Å². The second-order valence-corrected chi connectivity index (χ2v) is 7.00. The molecule has 2 heterocycles. The van der Waals surface area contributed by atoms with Gasteiger partial charge in [0.25, 0.3) is 5.91 Å². The first-order valence-electron chi connectivity index (χ1n) is 9.04. The molecule has 0 unspecified atom stereocenters. The number of rotatable bonds is 3. The molecule has 0 bridgehead atoms. The maximum Gasteiger partial charge on any atom is 0.275 e. The van der Waals surface area contributed by atoms with Crippen molar-refractivity contribution in [3.8, 4) is 5.69 Å². The topological polar surface area (TPSA) is 81.2 Å². The number of hydrogen-bond acceptors (Lipinski definition) is 3. The van der Waals surface area contributed by atoms with Crippen LogP contribution >= 0.6 is 0 Å². The van der Waals surface area contributed by atoms with Crippen molar-refractivity contribution >= 4 is 11.8 Å². The summed E-state index contributed by atoms with van der Waals surface area (Å²) in [5, 5.41) is 4.21. The lowest BCUT2D eigenvalue weighted by Gasteiger charge is -2.34. The number of carbonyl (C=O) groups is 2. The molecule has 1 atom stereocenters. The average molecular weight is 396 g/mol. The summed E-state index contributed by atoms with van der Waals surface area (Å²) in [6, 6.07) is 11.4. The molecule has 4 rings (SSSR count). The molecule has 2 amide bonds. The summed E-state index contributed by atoms with van der Waals surface area (Å²) < 4.78 is 28.6. The lowest BCUT2D eigenvalue weighted by molar-refractivity contribution is -0.122. The molecule has 1 aliphatic heterocycles. The van der Waals surface area contributed by atoms with Crippen LogP contribution < -0.4 is 5.73 Å². The Bertz CT molecular complexity index is 1130. The third kappa shape index (κ3) is 3.37. The Balaban J connectivity index is 1.70. The van der Waals surface area contributed by atoms with E-state index >= 15 is 0 Å². The van der Waals surface area contributed by atoms with Gasteiger partial charge in [-0.1, -0.05) is 24.3 Å². The largest absolute Gasteiger partial charge is 0.368 e. The van der Waals surface area contributed by atoms with E-state index in [1.165, 1.54) is 21.7 Å². The molecule has 6 nitrogen and oxygen atoms in total. The van der Waals surface area contributed by atoms with Crippen LogP contribution in [0.1, 0.15) is 27.3 Å². The van der Waals surface area contributed by atoms with Crippen LogP contribution in [0.2, 0.25) is 0 Å². The van der Waals surface area contributed by atoms with E-state index in [1.54, 1.807) is 6.92 Å². The van der Waals surface area contributed by atoms with Gasteiger partial charge in [-0.15, -0.1) is 0 Å². The summed E-state index contributed by atoms with van der Waals surface area (Å²) >= 11 is 0. The van der Waals surface area contributed by atoms with Crippen molar-refractivity contribution < 1.29 is 18.4 Å². The molecule has 0 fully saturated rings. The molecule has 0 saturated carbocycles. The number of nitrogens with two attached hydrogens (primary N) is 1. The fraction of sp³-hybridized carbons (Fsp3) is 0.190. The highest BCUT2D eigenvalue weighted by Crippen LogP contribution is 2.25. The van der Waals surface area contributed by atoms with Gasteiger partial charge < -0.3 is 10.6 Å². The number of aryl methyl sites for hydroxylation is 1. The summed E-state index contributed by atoms with van der Waals surface area (Å²) in [7, 11) is 0. The predicted molar refractivity (Wildman–Crippen MR) is 101 cm³/mol. The third-order valence-electron chi connectivity index (χ3n) is 5.08. The van der Waals surface area contributed by atoms with Gasteiger partial charge in [0, 0.05) is 24.7 Å². The molecule has 2 N–H and O–H groups in total. The molecule has 8 heteroatoms. The quantitative estimate of drug-likeness (QED) is 0.739. The van der Waals surface area contributed by atoms with Gasteiger partial charge in [0.15, 0.2) is 11.5 Å². The van der Waals surface area contributed by atoms with Gasteiger partial charge >= 0.3 is 0 Å². The smallest absolute Gasteiger partial charge is 0.275 e. The highest BCUT2D eigenvalue weighted by molar-refractivity contribution is 5.96. The highest BCUT2D eigenvalue weighted by atomic mass is 19.1. The van der Waals surface area contributed by atoms with Crippen LogP contribution in [0.5, 0.6) is 0 Å². The van der Waals surface area contributed by atoms with Crippen molar-refractivity contribution in [2.75, 3.05) is 0 Å². The number of fused-ring (bicyclic) bond motifs is 1. The monoisotopic (exact) mass is 396 g/mol. The first-order chi connectivity index (χ1) is 13.8. The summed E-state index contributed by atoms with van der Waals surface area (Å²) in [6.07, 6.45) is 0.323. The number of hydrogen-bond donors (Lipinski definition) is 1. The molecule has 0 radical (unpaired) electrons. The minimum Gasteiger partial charge on any atom is -0.368 e. The summed E-state index contributed by atoms with van der Waals surface area (Å²) in [5.41, 5.74) is 8.02. The molecule has 3 aromatic rings. The van der Waals surface area contributed by atoms with Crippen molar-refractivity contribution in [3.63, 3.8) is 0 Å². The second kappa shape index (κ2) is 7.12. The van der Waals surface area contributed by atoms with E-state index < -0.39 is 29.5 Å². The van der Waals surface area contributed by atoms with E-state index in [0.29, 0.717) is 12.1 Å². The Morgan fingerprint density at radius 3 is 2.52 bits per heavy atom. The van der Waals surface area contributed by atoms with Gasteiger partial charge in [0.1, 0.15) is 17.5 Å². The van der Waals surface area contributed by atoms with Crippen LogP contribution in [0.25, 0.3) is 5.69 Å². The van der Waals surface area contributed by atoms with Gasteiger partial charge in [-0.2, -0.15) is 5.10 Å². The highest BCUT2D eigenvalue weighted by Gasteiger charge is 2.35. The maximum atomic E-state index is 14.2. The average Bonchev–Trinajstić information content (AvgIpc) is 3.07. The van der Waals surface area contributed by atoms with Gasteiger partial charge in [0.05, 0.1) is 0 Å². The Morgan fingerprint density at radius 1 is 1.10 bits per heavy atom. The molecule has 2 aromatic carbocycles. The standard InChI is InChI=1S/C21H18F2N4O2/c1-12-8-17(25-27(12)18-7-6-15(22)10-16(18)23)21(29)26-11-14-5-3-2-4-13(14)9-19(26)20(24)28/h2-8,10,19H,9,11H2,1H3,(H2,24,28)/t19-/m0/s1. The van der Waals surface area contributed by atoms with E-state index in [1.807, 2.05) is 24.3 Å². The molecule has 0 spiro atoms. The maximum absolute atomic E-state index is 14.2. The Hall–Kier alpha value is -3.55. The van der Waals surface area contributed by atoms with E-state index in [9.17, 15) is 18.4 Å². The first-order valence-corrected chi connectivity index (χ1v) is 9.04. The SMILES string of the molecule is Cc1cc(C(=O)N2Cc3ccccc3C[C@H]2C(N)=O)nn1-c1ccc(F)cc1F. The van der Waals surface area contributed by atoms with Gasteiger partial charge in [0.2, 0.25) is 5.91 Å². The number of nitrogens with zero attached hydrogens (tertiary/aromatic N) is 3. The van der Waals surface area contributed by atoms with E-state index in [2.05, 4.69) is 5.10 Å². The first kappa shape index (κ1) is 18.8. The minimum atomic E-state index is -0.801. The molecular formula is C21H18F2N4O2. The van der Waals surface area contributed by atoms with E-state index in [4.69, 9.17) is 5.73 Å². The van der Waals surface area contributed by atoms with Crippen LogP contribution in [0, 0.1) is 18.6 Å². The van der Waals surface area contributed by atoms with Gasteiger partial charge in [-0.3, -0.25) is 9.59 Å². The third-order valence-corrected chi connectivity index (χ3v) is 5.08. The lowest BCUT2D eigenvalue weighted by Crippen LogP contribution is -2.51. The number of aromatic nitrogens is 2. The fourth-order valence-electron chi connectivity index (χ4n) is 3.61. The Morgan fingerprint density at radius 2 is 1.83 bits per heavy atom. The van der Waals surface area contributed by atoms with Crippen molar-refractivity contribution in [2.24, 2.45) is 5.73 Å². The summed E-state index contributed by atoms with van der Waals surface area (Å²) in [5.74, 6) is -2.58. The van der Waals surface area contributed by atoms with Crippen LogP contribution in [0.4, 0.5) is 8.78 Å². The van der Waals surface area contributed by atoms with Crippen molar-refractivity contribution in [1.29, 1.82) is 0 Å². The fourth-order valence-corrected chi connectivity index (χ4v) is 3.61. The summed E-state index contributed by atoms with van der Waals surface area (Å²) in [4.78, 5) is 26.5. The minimum absolute atomic E-state index is 0.0263. The normalized spacial score (nSPS) is 15.8. The zero-order valence-electron chi connectivity index (χ0n) is 15.6. The molecule has 29 heavy (non-hydrogen) atoms. The molecule has 1 aromatic heterocycles. The van der Waals surface area contributed by atoms with E-state index in [0.717, 1.165) is 23.3 Å². The number of carbonyl (C=O) groups excluding carboxylic acids is 2. The lowest BCUT2D eigenvalue weighted by atomic mass is 9.93. The number of primary amides is 1. The molecule has 0 saturated heterocycles. The zero-order chi connectivity index (χ0) is 20.7. The number of benzene rings is 2. The number of amides is 2. The summed E-state index contributed by atoms with van der Waals surface area (Å²) in [6.45, 7) is 1.88. The molecule has 1 aliphatic rings. The molecule has 148 valence electrons. The van der Waals surface area contributed by atoms with Crippen LogP contribution in [-0.4, -0.2) is 32.5 Å². The van der Waals surface area contributed by atoms with Gasteiger partial charge in [-0.25, -0.2) is 13.5 Å².